The number of aliphatic carboxylic acids is 1. The van der Waals surface area contributed by atoms with Crippen LogP contribution >= 0.6 is 11.8 Å². The number of aromatic nitrogens is 2. The maximum absolute atomic E-state index is 10.8. The van der Waals surface area contributed by atoms with Crippen molar-refractivity contribution in [2.45, 2.75) is 16.3 Å². The first kappa shape index (κ1) is 10.5. The standard InChI is InChI=1S/C9H13N3O2S/c1-12-3-2-11-8(12)15-9(4-7(13)14)5-10-6-9/h2-3,10H,4-6H2,1H3,(H,13,14). The van der Waals surface area contributed by atoms with Crippen LogP contribution in [0.2, 0.25) is 0 Å². The van der Waals surface area contributed by atoms with Gasteiger partial charge in [-0.25, -0.2) is 4.98 Å². The van der Waals surface area contributed by atoms with E-state index in [1.54, 1.807) is 18.0 Å². The minimum atomic E-state index is -0.752. The number of hydrogen-bond acceptors (Lipinski definition) is 4. The van der Waals surface area contributed by atoms with Gasteiger partial charge < -0.3 is 15.0 Å². The van der Waals surface area contributed by atoms with E-state index in [0.29, 0.717) is 0 Å². The second kappa shape index (κ2) is 3.86. The summed E-state index contributed by atoms with van der Waals surface area (Å²) in [6, 6.07) is 0. The molecule has 0 aliphatic carbocycles. The van der Waals surface area contributed by atoms with E-state index in [-0.39, 0.29) is 11.2 Å². The Morgan fingerprint density at radius 1 is 1.80 bits per heavy atom. The second-order valence-electron chi connectivity index (χ2n) is 3.78. The third-order valence-electron chi connectivity index (χ3n) is 2.45. The summed E-state index contributed by atoms with van der Waals surface area (Å²) < 4.78 is 1.69. The SMILES string of the molecule is Cn1ccnc1SC1(CC(=O)O)CNC1. The van der Waals surface area contributed by atoms with Crippen LogP contribution in [0.25, 0.3) is 0 Å². The molecule has 1 aliphatic heterocycles. The Kier molecular flexibility index (Phi) is 2.70. The number of imidazole rings is 1. The monoisotopic (exact) mass is 227 g/mol. The van der Waals surface area contributed by atoms with E-state index < -0.39 is 5.97 Å². The van der Waals surface area contributed by atoms with Gasteiger partial charge in [0, 0.05) is 32.5 Å². The molecule has 0 bridgehead atoms. The molecular weight excluding hydrogens is 214 g/mol. The quantitative estimate of drug-likeness (QED) is 0.776. The lowest BCUT2D eigenvalue weighted by molar-refractivity contribution is -0.138. The number of thioether (sulfide) groups is 1. The van der Waals surface area contributed by atoms with Gasteiger partial charge in [0.2, 0.25) is 0 Å². The van der Waals surface area contributed by atoms with Crippen LogP contribution in [0.15, 0.2) is 17.6 Å². The van der Waals surface area contributed by atoms with Crippen LogP contribution in [0.4, 0.5) is 0 Å². The van der Waals surface area contributed by atoms with Crippen molar-refractivity contribution < 1.29 is 9.90 Å². The Labute approximate surface area is 91.9 Å². The van der Waals surface area contributed by atoms with Gasteiger partial charge in [-0.1, -0.05) is 11.8 Å². The van der Waals surface area contributed by atoms with Crippen molar-refractivity contribution in [1.29, 1.82) is 0 Å². The van der Waals surface area contributed by atoms with Gasteiger partial charge in [-0.05, 0) is 0 Å². The lowest BCUT2D eigenvalue weighted by Crippen LogP contribution is -2.58. The molecule has 2 N–H and O–H groups in total. The predicted molar refractivity (Wildman–Crippen MR) is 56.9 cm³/mol. The van der Waals surface area contributed by atoms with E-state index in [9.17, 15) is 4.79 Å². The molecule has 1 saturated heterocycles. The fourth-order valence-corrected chi connectivity index (χ4v) is 2.81. The largest absolute Gasteiger partial charge is 0.481 e. The van der Waals surface area contributed by atoms with Crippen molar-refractivity contribution in [2.75, 3.05) is 13.1 Å². The van der Waals surface area contributed by atoms with Crippen LogP contribution < -0.4 is 5.32 Å². The zero-order valence-corrected chi connectivity index (χ0v) is 9.25. The van der Waals surface area contributed by atoms with Gasteiger partial charge in [0.05, 0.1) is 11.2 Å². The Bertz CT molecular complexity index is 373. The van der Waals surface area contributed by atoms with Gasteiger partial charge >= 0.3 is 5.97 Å². The minimum absolute atomic E-state index is 0.178. The average molecular weight is 227 g/mol. The Hall–Kier alpha value is -1.01. The fraction of sp³-hybridized carbons (Fsp3) is 0.556. The number of nitrogens with one attached hydrogen (secondary N) is 1. The van der Waals surface area contributed by atoms with Crippen LogP contribution in [0.3, 0.4) is 0 Å². The van der Waals surface area contributed by atoms with Crippen LogP contribution in [-0.4, -0.2) is 38.5 Å². The molecule has 2 heterocycles. The Morgan fingerprint density at radius 3 is 2.93 bits per heavy atom. The topological polar surface area (TPSA) is 67.2 Å². The van der Waals surface area contributed by atoms with Crippen molar-refractivity contribution >= 4 is 17.7 Å². The summed E-state index contributed by atoms with van der Waals surface area (Å²) in [7, 11) is 1.91. The highest BCUT2D eigenvalue weighted by Gasteiger charge is 2.41. The molecule has 0 atom stereocenters. The molecule has 1 aliphatic rings. The molecular formula is C9H13N3O2S. The van der Waals surface area contributed by atoms with Crippen LogP contribution in [-0.2, 0) is 11.8 Å². The van der Waals surface area contributed by atoms with Crippen LogP contribution in [0.5, 0.6) is 0 Å². The zero-order chi connectivity index (χ0) is 10.9. The molecule has 6 heteroatoms. The van der Waals surface area contributed by atoms with Gasteiger partial charge in [0.15, 0.2) is 5.16 Å². The van der Waals surface area contributed by atoms with Crippen molar-refractivity contribution in [3.63, 3.8) is 0 Å². The third-order valence-corrected chi connectivity index (χ3v) is 3.89. The van der Waals surface area contributed by atoms with Crippen molar-refractivity contribution in [3.05, 3.63) is 12.4 Å². The molecule has 15 heavy (non-hydrogen) atoms. The molecule has 0 radical (unpaired) electrons. The predicted octanol–water partition coefficient (Wildman–Crippen LogP) is 0.329. The summed E-state index contributed by atoms with van der Waals surface area (Å²) >= 11 is 1.55. The third kappa shape index (κ3) is 2.15. The summed E-state index contributed by atoms with van der Waals surface area (Å²) in [6.45, 7) is 1.47. The smallest absolute Gasteiger partial charge is 0.304 e. The van der Waals surface area contributed by atoms with Crippen LogP contribution in [0, 0.1) is 0 Å². The summed E-state index contributed by atoms with van der Waals surface area (Å²) in [5, 5.41) is 12.8. The number of carboxylic acid groups (broad SMARTS) is 1. The maximum Gasteiger partial charge on any atom is 0.304 e. The molecule has 0 amide bonds. The van der Waals surface area contributed by atoms with Gasteiger partial charge in [0.25, 0.3) is 0 Å². The van der Waals surface area contributed by atoms with Crippen molar-refractivity contribution in [3.8, 4) is 0 Å². The number of rotatable bonds is 4. The number of carboxylic acids is 1. The van der Waals surface area contributed by atoms with E-state index >= 15 is 0 Å². The molecule has 82 valence electrons. The van der Waals surface area contributed by atoms with Gasteiger partial charge in [-0.15, -0.1) is 0 Å². The summed E-state index contributed by atoms with van der Waals surface area (Å²) in [4.78, 5) is 14.9. The lowest BCUT2D eigenvalue weighted by atomic mass is 9.98. The molecule has 0 unspecified atom stereocenters. The Morgan fingerprint density at radius 2 is 2.53 bits per heavy atom. The van der Waals surface area contributed by atoms with Gasteiger partial charge in [0.1, 0.15) is 0 Å². The maximum atomic E-state index is 10.8. The van der Waals surface area contributed by atoms with Gasteiger partial charge in [-0.3, -0.25) is 4.79 Å². The van der Waals surface area contributed by atoms with Crippen LogP contribution in [0.1, 0.15) is 6.42 Å². The molecule has 1 fully saturated rings. The van der Waals surface area contributed by atoms with E-state index in [1.807, 2.05) is 17.8 Å². The fourth-order valence-electron chi connectivity index (χ4n) is 1.56. The molecule has 1 aromatic rings. The number of carbonyl (C=O) groups is 1. The highest BCUT2D eigenvalue weighted by atomic mass is 32.2. The van der Waals surface area contributed by atoms with Crippen molar-refractivity contribution in [2.24, 2.45) is 7.05 Å². The number of nitrogens with zero attached hydrogens (tertiary/aromatic N) is 2. The first-order chi connectivity index (χ1) is 7.11. The van der Waals surface area contributed by atoms with E-state index in [0.717, 1.165) is 18.2 Å². The molecule has 5 nitrogen and oxygen atoms in total. The Balaban J connectivity index is 2.08. The normalized spacial score (nSPS) is 18.5. The summed E-state index contributed by atoms with van der Waals surface area (Å²) in [5.74, 6) is -0.752. The molecule has 1 aromatic heterocycles. The molecule has 0 spiro atoms. The average Bonchev–Trinajstić information content (AvgIpc) is 2.47. The van der Waals surface area contributed by atoms with Crippen molar-refractivity contribution in [1.82, 2.24) is 14.9 Å². The molecule has 0 saturated carbocycles. The first-order valence-electron chi connectivity index (χ1n) is 4.70. The minimum Gasteiger partial charge on any atom is -0.481 e. The zero-order valence-electron chi connectivity index (χ0n) is 8.43. The summed E-state index contributed by atoms with van der Waals surface area (Å²) in [5.41, 5.74) is 0. The highest BCUT2D eigenvalue weighted by Crippen LogP contribution is 2.37. The van der Waals surface area contributed by atoms with E-state index in [4.69, 9.17) is 5.11 Å². The van der Waals surface area contributed by atoms with Gasteiger partial charge in [-0.2, -0.15) is 0 Å². The van der Waals surface area contributed by atoms with E-state index in [1.165, 1.54) is 0 Å². The number of hydrogen-bond donors (Lipinski definition) is 2. The second-order valence-corrected chi connectivity index (χ2v) is 5.22. The first-order valence-corrected chi connectivity index (χ1v) is 5.52. The number of aryl methyl sites for hydroxylation is 1. The lowest BCUT2D eigenvalue weighted by Gasteiger charge is -2.40. The van der Waals surface area contributed by atoms with E-state index in [2.05, 4.69) is 10.3 Å². The summed E-state index contributed by atoms with van der Waals surface area (Å²) in [6.07, 6.45) is 3.77. The molecule has 2 rings (SSSR count). The highest BCUT2D eigenvalue weighted by molar-refractivity contribution is 8.00. The molecule has 0 aromatic carbocycles.